The first kappa shape index (κ1) is 32.5. The lowest BCUT2D eigenvalue weighted by Crippen LogP contribution is -2.69. The Morgan fingerprint density at radius 1 is 1.05 bits per heavy atom. The van der Waals surface area contributed by atoms with Crippen molar-refractivity contribution < 1.29 is 47.6 Å². The summed E-state index contributed by atoms with van der Waals surface area (Å²) in [5.74, 6) is -3.03. The molecule has 0 aromatic rings. The molecule has 9 atom stereocenters. The molecule has 1 aliphatic heterocycles. The van der Waals surface area contributed by atoms with E-state index in [9.17, 15) is 19.2 Å². The van der Waals surface area contributed by atoms with E-state index in [2.05, 4.69) is 19.6 Å². The molecule has 1 spiro atoms. The number of hydrogen-bond acceptors (Lipinski definition) is 10. The Labute approximate surface area is 242 Å². The summed E-state index contributed by atoms with van der Waals surface area (Å²) in [6.07, 6.45) is 2.31. The Kier molecular flexibility index (Phi) is 10.2. The maximum absolute atomic E-state index is 13.0. The molecule has 0 radical (unpaired) electrons. The van der Waals surface area contributed by atoms with Gasteiger partial charge in [0.15, 0.2) is 6.10 Å². The first-order valence-electron chi connectivity index (χ1n) is 14.2. The maximum atomic E-state index is 13.0. The molecule has 41 heavy (non-hydrogen) atoms. The monoisotopic (exact) mass is 576 g/mol. The van der Waals surface area contributed by atoms with Crippen molar-refractivity contribution in [2.45, 2.75) is 105 Å². The molecule has 1 saturated heterocycles. The van der Waals surface area contributed by atoms with Crippen LogP contribution in [0.25, 0.3) is 0 Å². The van der Waals surface area contributed by atoms with Crippen LogP contribution in [0.4, 0.5) is 0 Å². The minimum absolute atomic E-state index is 0.174. The fourth-order valence-corrected chi connectivity index (χ4v) is 6.86. The van der Waals surface area contributed by atoms with Crippen molar-refractivity contribution in [1.82, 2.24) is 0 Å². The first-order valence-corrected chi connectivity index (χ1v) is 14.2. The number of rotatable bonds is 10. The molecule has 1 unspecified atom stereocenters. The van der Waals surface area contributed by atoms with Crippen LogP contribution in [0.3, 0.4) is 0 Å². The molecule has 10 heteroatoms. The van der Waals surface area contributed by atoms with Crippen LogP contribution < -0.4 is 0 Å². The van der Waals surface area contributed by atoms with Crippen LogP contribution in [0, 0.1) is 22.7 Å². The van der Waals surface area contributed by atoms with Crippen molar-refractivity contribution in [2.24, 2.45) is 22.7 Å². The van der Waals surface area contributed by atoms with E-state index >= 15 is 0 Å². The van der Waals surface area contributed by atoms with E-state index in [4.69, 9.17) is 28.4 Å². The molecule has 2 aliphatic carbocycles. The standard InChI is InChI=1S/C31H44O10/c1-10-12-25(35)40-26-18(4)30(8,14-13-17(3)11-2)24-16-22(36-9)15-23-28(38-20(6)33)41-29(39-21(7)34)31(23,24)27(26)37-19(5)32/h11,13,15,18,22,24,26-29H,2,10,12,14,16H2,1,3-9H3/b17-13-/t18-,22-,24+,26-,27+,28-,29-,30-,31?/m0/s1. The zero-order valence-electron chi connectivity index (χ0n) is 25.4. The van der Waals surface area contributed by atoms with Crippen LogP contribution in [0.5, 0.6) is 0 Å². The van der Waals surface area contributed by atoms with Gasteiger partial charge in [-0.05, 0) is 43.6 Å². The van der Waals surface area contributed by atoms with Crippen LogP contribution in [-0.4, -0.2) is 61.9 Å². The second-order valence-electron chi connectivity index (χ2n) is 11.5. The van der Waals surface area contributed by atoms with E-state index in [1.165, 1.54) is 20.8 Å². The van der Waals surface area contributed by atoms with Gasteiger partial charge in [0.05, 0.1) is 6.10 Å². The van der Waals surface area contributed by atoms with Crippen molar-refractivity contribution in [3.05, 3.63) is 36.0 Å². The fraction of sp³-hybridized carbons (Fsp3) is 0.677. The molecule has 228 valence electrons. The summed E-state index contributed by atoms with van der Waals surface area (Å²) in [7, 11) is 1.58. The van der Waals surface area contributed by atoms with Gasteiger partial charge in [-0.1, -0.05) is 45.1 Å². The van der Waals surface area contributed by atoms with Crippen molar-refractivity contribution >= 4 is 23.9 Å². The van der Waals surface area contributed by atoms with Gasteiger partial charge in [0.2, 0.25) is 12.6 Å². The third kappa shape index (κ3) is 6.14. The molecule has 0 bridgehead atoms. The summed E-state index contributed by atoms with van der Waals surface area (Å²) >= 11 is 0. The van der Waals surface area contributed by atoms with Gasteiger partial charge in [0.25, 0.3) is 0 Å². The molecule has 0 aromatic carbocycles. The van der Waals surface area contributed by atoms with Crippen molar-refractivity contribution in [2.75, 3.05) is 7.11 Å². The number of esters is 4. The molecule has 3 aliphatic rings. The first-order chi connectivity index (χ1) is 19.3. The Morgan fingerprint density at radius 2 is 1.68 bits per heavy atom. The van der Waals surface area contributed by atoms with Crippen LogP contribution in [0.15, 0.2) is 36.0 Å². The van der Waals surface area contributed by atoms with Crippen molar-refractivity contribution in [3.63, 3.8) is 0 Å². The number of hydrogen-bond donors (Lipinski definition) is 0. The Morgan fingerprint density at radius 3 is 2.22 bits per heavy atom. The predicted molar refractivity (Wildman–Crippen MR) is 148 cm³/mol. The van der Waals surface area contributed by atoms with Gasteiger partial charge in [-0.15, -0.1) is 0 Å². The topological polar surface area (TPSA) is 124 Å². The number of allylic oxidation sites excluding steroid dienone is 3. The van der Waals surface area contributed by atoms with Gasteiger partial charge in [0.1, 0.15) is 11.5 Å². The van der Waals surface area contributed by atoms with E-state index in [0.717, 1.165) is 5.57 Å². The molecule has 0 N–H and O–H groups in total. The largest absolute Gasteiger partial charge is 0.458 e. The highest BCUT2D eigenvalue weighted by Gasteiger charge is 2.75. The predicted octanol–water partition coefficient (Wildman–Crippen LogP) is 4.56. The molecule has 0 amide bonds. The molecule has 1 saturated carbocycles. The Bertz CT molecular complexity index is 1110. The average molecular weight is 577 g/mol. The number of ether oxygens (including phenoxy) is 6. The third-order valence-corrected chi connectivity index (χ3v) is 8.95. The lowest BCUT2D eigenvalue weighted by atomic mass is 9.44. The van der Waals surface area contributed by atoms with E-state index in [1.807, 2.05) is 20.8 Å². The number of methoxy groups -OCH3 is 1. The van der Waals surface area contributed by atoms with E-state index < -0.39 is 71.5 Å². The molecular formula is C31H44O10. The number of carbonyl (C=O) groups excluding carboxylic acids is 4. The van der Waals surface area contributed by atoms with Gasteiger partial charge < -0.3 is 23.7 Å². The third-order valence-electron chi connectivity index (χ3n) is 8.95. The SMILES string of the molecule is C=C/C(C)=C\C[C@@]1(C)[C@@H](C)[C@H](OC(=O)CCC)[C@@H](OC(C)=O)C23C(=C[C@H](OC)C[C@@H]21)[C@@H](OC(C)=O)O[C@@H]3OC(C)=O. The highest BCUT2D eigenvalue weighted by molar-refractivity contribution is 5.70. The van der Waals surface area contributed by atoms with Crippen LogP contribution in [0.2, 0.25) is 0 Å². The van der Waals surface area contributed by atoms with Gasteiger partial charge in [-0.2, -0.15) is 0 Å². The van der Waals surface area contributed by atoms with Crippen LogP contribution >= 0.6 is 0 Å². The lowest BCUT2D eigenvalue weighted by Gasteiger charge is -2.62. The smallest absolute Gasteiger partial charge is 0.306 e. The molecule has 2 fully saturated rings. The van der Waals surface area contributed by atoms with Gasteiger partial charge >= 0.3 is 23.9 Å². The lowest BCUT2D eigenvalue weighted by molar-refractivity contribution is -0.279. The summed E-state index contributed by atoms with van der Waals surface area (Å²) in [4.78, 5) is 50.4. The summed E-state index contributed by atoms with van der Waals surface area (Å²) < 4.78 is 35.6. The molecule has 3 rings (SSSR count). The second kappa shape index (κ2) is 12.9. The second-order valence-corrected chi connectivity index (χ2v) is 11.5. The van der Waals surface area contributed by atoms with Gasteiger partial charge in [0, 0.05) is 45.8 Å². The normalized spacial score (nSPS) is 36.2. The Balaban J connectivity index is 2.41. The van der Waals surface area contributed by atoms with Crippen LogP contribution in [0.1, 0.15) is 74.1 Å². The average Bonchev–Trinajstić information content (AvgIpc) is 3.18. The van der Waals surface area contributed by atoms with Gasteiger partial charge in [-0.25, -0.2) is 0 Å². The van der Waals surface area contributed by atoms with E-state index in [0.29, 0.717) is 24.8 Å². The van der Waals surface area contributed by atoms with E-state index in [-0.39, 0.29) is 12.3 Å². The summed E-state index contributed by atoms with van der Waals surface area (Å²) in [6, 6.07) is 0. The summed E-state index contributed by atoms with van der Waals surface area (Å²) in [6.45, 7) is 15.5. The number of carbonyl (C=O) groups is 4. The fourth-order valence-electron chi connectivity index (χ4n) is 6.86. The Hall–Kier alpha value is -2.98. The zero-order valence-corrected chi connectivity index (χ0v) is 25.4. The van der Waals surface area contributed by atoms with Crippen molar-refractivity contribution in [3.8, 4) is 0 Å². The molecule has 1 heterocycles. The minimum Gasteiger partial charge on any atom is -0.458 e. The molecule has 0 aromatic heterocycles. The zero-order chi connectivity index (χ0) is 30.7. The highest BCUT2D eigenvalue weighted by atomic mass is 16.8. The summed E-state index contributed by atoms with van der Waals surface area (Å²) in [5, 5.41) is 0. The molecule has 10 nitrogen and oxygen atoms in total. The van der Waals surface area contributed by atoms with E-state index in [1.54, 1.807) is 19.3 Å². The van der Waals surface area contributed by atoms with Crippen molar-refractivity contribution in [1.29, 1.82) is 0 Å². The van der Waals surface area contributed by atoms with Crippen LogP contribution in [-0.2, 0) is 47.6 Å². The maximum Gasteiger partial charge on any atom is 0.306 e. The summed E-state index contributed by atoms with van der Waals surface area (Å²) in [5.41, 5.74) is -0.587. The minimum atomic E-state index is -1.36. The molecular weight excluding hydrogens is 532 g/mol. The van der Waals surface area contributed by atoms with Gasteiger partial charge in [-0.3, -0.25) is 23.9 Å². The highest BCUT2D eigenvalue weighted by Crippen LogP contribution is 2.68. The quantitative estimate of drug-likeness (QED) is 0.158.